The summed E-state index contributed by atoms with van der Waals surface area (Å²) < 4.78 is 50.0. The van der Waals surface area contributed by atoms with Gasteiger partial charge in [-0.15, -0.1) is 0 Å². The van der Waals surface area contributed by atoms with Gasteiger partial charge in [0.1, 0.15) is 24.7 Å². The van der Waals surface area contributed by atoms with Crippen LogP contribution in [0.5, 0.6) is 11.6 Å². The van der Waals surface area contributed by atoms with Crippen molar-refractivity contribution in [2.24, 2.45) is 0 Å². The van der Waals surface area contributed by atoms with E-state index in [4.69, 9.17) is 24.3 Å². The molecule has 0 bridgehead atoms. The van der Waals surface area contributed by atoms with Crippen molar-refractivity contribution in [1.29, 1.82) is 0 Å². The van der Waals surface area contributed by atoms with Crippen molar-refractivity contribution in [1.82, 2.24) is 19.5 Å². The van der Waals surface area contributed by atoms with Crippen molar-refractivity contribution >= 4 is 25.4 Å². The van der Waals surface area contributed by atoms with Gasteiger partial charge in [0.15, 0.2) is 11.2 Å². The molecule has 3 rings (SSSR count). The molecular formula is C19H25FN5O6P. The van der Waals surface area contributed by atoms with Gasteiger partial charge in [0.2, 0.25) is 11.8 Å². The topological polar surface area (TPSA) is 144 Å². The molecule has 0 aliphatic rings. The maximum atomic E-state index is 15.4. The number of nitrogen functional groups attached to an aromatic ring is 1. The normalized spacial score (nSPS) is 16.3. The molecule has 1 aromatic carbocycles. The van der Waals surface area contributed by atoms with Crippen LogP contribution in [0.4, 0.5) is 10.3 Å². The Morgan fingerprint density at radius 1 is 1.28 bits per heavy atom. The Bertz CT molecular complexity index is 1070. The summed E-state index contributed by atoms with van der Waals surface area (Å²) in [5.41, 5.74) is 6.31. The first-order valence-corrected chi connectivity index (χ1v) is 11.0. The van der Waals surface area contributed by atoms with Gasteiger partial charge in [0.25, 0.3) is 5.85 Å². The summed E-state index contributed by atoms with van der Waals surface area (Å²) in [6.45, 7) is 3.97. The molecule has 32 heavy (non-hydrogen) atoms. The van der Waals surface area contributed by atoms with Gasteiger partial charge < -0.3 is 24.8 Å². The van der Waals surface area contributed by atoms with Gasteiger partial charge in [-0.05, 0) is 32.9 Å². The number of benzene rings is 1. The maximum absolute atomic E-state index is 15.4. The van der Waals surface area contributed by atoms with Crippen LogP contribution in [-0.4, -0.2) is 49.8 Å². The molecular weight excluding hydrogens is 444 g/mol. The lowest BCUT2D eigenvalue weighted by Crippen LogP contribution is -2.44. The lowest BCUT2D eigenvalue weighted by molar-refractivity contribution is -0.252. The zero-order valence-corrected chi connectivity index (χ0v) is 18.8. The highest BCUT2D eigenvalue weighted by Crippen LogP contribution is 2.34. The second kappa shape index (κ2) is 10.2. The van der Waals surface area contributed by atoms with Crippen LogP contribution in [0.15, 0.2) is 36.7 Å². The number of rotatable bonds is 11. The molecule has 3 aromatic rings. The standard InChI is InChI=1S/C19H25FN5O6P/c1-4-28-17-15-16(23-18(21)24-17)25(11-22-15)13(3)30-19(20,12(2)26)10-29-32(27)31-14-8-6-5-7-9-14/h5-9,11-13,26,32H,4,10H2,1-3H3,(H2,21,23,24)/t12-,13+,19+/m0/s1. The Morgan fingerprint density at radius 2 is 2.00 bits per heavy atom. The van der Waals surface area contributed by atoms with E-state index in [1.165, 1.54) is 24.7 Å². The number of alkyl halides is 1. The lowest BCUT2D eigenvalue weighted by Gasteiger charge is -2.31. The van der Waals surface area contributed by atoms with Crippen molar-refractivity contribution < 1.29 is 32.6 Å². The number of fused-ring (bicyclic) bond motifs is 1. The molecule has 4 atom stereocenters. The number of anilines is 1. The van der Waals surface area contributed by atoms with Crippen molar-refractivity contribution in [3.8, 4) is 11.6 Å². The van der Waals surface area contributed by atoms with Gasteiger partial charge in [0.05, 0.1) is 12.9 Å². The van der Waals surface area contributed by atoms with Gasteiger partial charge in [-0.1, -0.05) is 18.2 Å². The lowest BCUT2D eigenvalue weighted by atomic mass is 10.2. The van der Waals surface area contributed by atoms with Gasteiger partial charge >= 0.3 is 8.25 Å². The van der Waals surface area contributed by atoms with E-state index in [1.807, 2.05) is 0 Å². The number of nitrogens with zero attached hydrogens (tertiary/aromatic N) is 4. The fourth-order valence-corrected chi connectivity index (χ4v) is 3.48. The molecule has 11 nitrogen and oxygen atoms in total. The smallest absolute Gasteiger partial charge is 0.368 e. The van der Waals surface area contributed by atoms with E-state index >= 15 is 4.39 Å². The van der Waals surface area contributed by atoms with Crippen LogP contribution >= 0.6 is 8.25 Å². The van der Waals surface area contributed by atoms with Crippen molar-refractivity contribution in [2.45, 2.75) is 39.0 Å². The molecule has 0 aliphatic heterocycles. The van der Waals surface area contributed by atoms with Crippen LogP contribution < -0.4 is 15.0 Å². The van der Waals surface area contributed by atoms with E-state index in [0.717, 1.165) is 0 Å². The Balaban J connectivity index is 1.74. The number of para-hydroxylation sites is 1. The number of imidazole rings is 1. The van der Waals surface area contributed by atoms with Gasteiger partial charge in [-0.2, -0.15) is 9.97 Å². The number of aliphatic hydroxyl groups excluding tert-OH is 1. The molecule has 0 radical (unpaired) electrons. The van der Waals surface area contributed by atoms with E-state index in [0.29, 0.717) is 17.9 Å². The summed E-state index contributed by atoms with van der Waals surface area (Å²) in [6, 6.07) is 8.29. The average molecular weight is 469 g/mol. The van der Waals surface area contributed by atoms with Crippen LogP contribution in [0.3, 0.4) is 0 Å². The second-order valence-corrected chi connectivity index (χ2v) is 7.77. The summed E-state index contributed by atoms with van der Waals surface area (Å²) in [5.74, 6) is -2.28. The predicted molar refractivity (Wildman–Crippen MR) is 114 cm³/mol. The molecule has 0 saturated carbocycles. The number of ether oxygens (including phenoxy) is 2. The molecule has 0 saturated heterocycles. The van der Waals surface area contributed by atoms with Crippen molar-refractivity contribution in [3.63, 3.8) is 0 Å². The number of aromatic nitrogens is 4. The van der Waals surface area contributed by atoms with E-state index in [9.17, 15) is 9.67 Å². The summed E-state index contributed by atoms with van der Waals surface area (Å²) >= 11 is 0. The molecule has 0 aliphatic carbocycles. The molecule has 2 aromatic heterocycles. The fraction of sp³-hybridized carbons (Fsp3) is 0.421. The van der Waals surface area contributed by atoms with E-state index in [1.54, 1.807) is 37.3 Å². The first-order chi connectivity index (χ1) is 15.2. The highest BCUT2D eigenvalue weighted by molar-refractivity contribution is 7.33. The Labute approximate surface area is 184 Å². The van der Waals surface area contributed by atoms with Crippen LogP contribution in [0.2, 0.25) is 0 Å². The Hall–Kier alpha value is -2.79. The molecule has 0 amide bonds. The predicted octanol–water partition coefficient (Wildman–Crippen LogP) is 2.87. The largest absolute Gasteiger partial charge is 0.476 e. The van der Waals surface area contributed by atoms with Gasteiger partial charge in [0, 0.05) is 0 Å². The van der Waals surface area contributed by atoms with E-state index in [-0.39, 0.29) is 17.5 Å². The molecule has 2 heterocycles. The Kier molecular flexibility index (Phi) is 7.62. The van der Waals surface area contributed by atoms with Crippen LogP contribution in [0.1, 0.15) is 27.0 Å². The molecule has 13 heteroatoms. The Morgan fingerprint density at radius 3 is 2.66 bits per heavy atom. The number of nitrogens with two attached hydrogens (primary N) is 1. The van der Waals surface area contributed by atoms with Crippen LogP contribution in [0.25, 0.3) is 11.2 Å². The minimum absolute atomic E-state index is 0.0584. The molecule has 0 spiro atoms. The first kappa shape index (κ1) is 23.9. The van der Waals surface area contributed by atoms with Gasteiger partial charge in [-0.25, -0.2) is 13.9 Å². The van der Waals surface area contributed by atoms with Crippen LogP contribution in [-0.2, 0) is 13.8 Å². The van der Waals surface area contributed by atoms with E-state index < -0.39 is 33.0 Å². The van der Waals surface area contributed by atoms with E-state index in [2.05, 4.69) is 15.0 Å². The third-order valence-corrected chi connectivity index (χ3v) is 5.18. The highest BCUT2D eigenvalue weighted by atomic mass is 31.1. The number of hydrogen-bond donors (Lipinski definition) is 2. The summed E-state index contributed by atoms with van der Waals surface area (Å²) in [6.07, 6.45) is -1.27. The monoisotopic (exact) mass is 469 g/mol. The van der Waals surface area contributed by atoms with Gasteiger partial charge in [-0.3, -0.25) is 9.09 Å². The zero-order chi connectivity index (χ0) is 23.3. The third kappa shape index (κ3) is 5.52. The second-order valence-electron chi connectivity index (χ2n) is 6.78. The molecule has 0 fully saturated rings. The minimum Gasteiger partial charge on any atom is -0.476 e. The van der Waals surface area contributed by atoms with Crippen LogP contribution in [0, 0.1) is 0 Å². The third-order valence-electron chi connectivity index (χ3n) is 4.40. The zero-order valence-electron chi connectivity index (χ0n) is 17.8. The number of halogens is 1. The summed E-state index contributed by atoms with van der Waals surface area (Å²) in [4.78, 5) is 12.3. The number of hydrogen-bond acceptors (Lipinski definition) is 10. The summed E-state index contributed by atoms with van der Waals surface area (Å²) in [5, 5.41) is 9.99. The summed E-state index contributed by atoms with van der Waals surface area (Å²) in [7, 11) is -3.10. The average Bonchev–Trinajstić information content (AvgIpc) is 3.17. The maximum Gasteiger partial charge on any atom is 0.368 e. The molecule has 3 N–H and O–H groups in total. The first-order valence-electron chi connectivity index (χ1n) is 9.80. The highest BCUT2D eigenvalue weighted by Gasteiger charge is 2.40. The minimum atomic E-state index is -3.10. The number of aliphatic hydroxyl groups is 1. The fourth-order valence-electron chi connectivity index (χ4n) is 2.78. The molecule has 1 unspecified atom stereocenters. The van der Waals surface area contributed by atoms with Crippen molar-refractivity contribution in [2.75, 3.05) is 18.9 Å². The SMILES string of the molecule is CCOc1nc(N)nc2c1ncn2[C@@H](C)O[C@](F)(CO[PH](=O)Oc1ccccc1)[C@H](C)O. The quantitative estimate of drug-likeness (QED) is 0.402. The molecule has 174 valence electrons. The van der Waals surface area contributed by atoms with Crippen molar-refractivity contribution in [3.05, 3.63) is 36.7 Å².